The molecular weight excluding hydrogens is 427 g/mol. The second-order valence-electron chi connectivity index (χ2n) is 8.63. The summed E-state index contributed by atoms with van der Waals surface area (Å²) >= 11 is 0. The molecule has 2 aromatic heterocycles. The molecule has 8 nitrogen and oxygen atoms in total. The van der Waals surface area contributed by atoms with Crippen molar-refractivity contribution in [3.63, 3.8) is 0 Å². The van der Waals surface area contributed by atoms with Crippen LogP contribution in [0, 0.1) is 5.82 Å². The van der Waals surface area contributed by atoms with Crippen molar-refractivity contribution in [1.82, 2.24) is 20.2 Å². The SMILES string of the molecule is CN(C(=O)c1ccc(-c2nc3ncccc3o2)c(F)c1)[C@@H]1CC[C@H](NC(=O)[C@@H]2CCCO2)C1. The summed E-state index contributed by atoms with van der Waals surface area (Å²) in [6, 6.07) is 7.69. The summed E-state index contributed by atoms with van der Waals surface area (Å²) in [5.41, 5.74) is 1.29. The van der Waals surface area contributed by atoms with Crippen LogP contribution >= 0.6 is 0 Å². The quantitative estimate of drug-likeness (QED) is 0.638. The predicted octanol–water partition coefficient (Wildman–Crippen LogP) is 3.32. The Morgan fingerprint density at radius 1 is 1.21 bits per heavy atom. The summed E-state index contributed by atoms with van der Waals surface area (Å²) < 4.78 is 25.9. The fourth-order valence-corrected chi connectivity index (χ4v) is 4.59. The summed E-state index contributed by atoms with van der Waals surface area (Å²) in [7, 11) is 1.72. The van der Waals surface area contributed by atoms with E-state index < -0.39 is 5.82 Å². The second-order valence-corrected chi connectivity index (χ2v) is 8.63. The van der Waals surface area contributed by atoms with Gasteiger partial charge in [0.1, 0.15) is 11.9 Å². The summed E-state index contributed by atoms with van der Waals surface area (Å²) in [4.78, 5) is 35.3. The number of hydrogen-bond donors (Lipinski definition) is 1. The normalized spacial score (nSPS) is 22.5. The molecule has 0 unspecified atom stereocenters. The molecule has 1 aliphatic carbocycles. The highest BCUT2D eigenvalue weighted by atomic mass is 19.1. The number of benzene rings is 1. The van der Waals surface area contributed by atoms with Gasteiger partial charge in [-0.05, 0) is 62.4 Å². The Morgan fingerprint density at radius 3 is 2.85 bits per heavy atom. The van der Waals surface area contributed by atoms with Crippen LogP contribution in [0.3, 0.4) is 0 Å². The molecule has 1 aromatic carbocycles. The van der Waals surface area contributed by atoms with Crippen LogP contribution in [-0.4, -0.2) is 58.5 Å². The van der Waals surface area contributed by atoms with Gasteiger partial charge in [0.05, 0.1) is 5.56 Å². The van der Waals surface area contributed by atoms with E-state index in [0.29, 0.717) is 24.3 Å². The first-order valence-electron chi connectivity index (χ1n) is 11.2. The van der Waals surface area contributed by atoms with E-state index in [9.17, 15) is 14.0 Å². The molecule has 0 radical (unpaired) electrons. The van der Waals surface area contributed by atoms with Crippen molar-refractivity contribution < 1.29 is 23.1 Å². The Balaban J connectivity index is 1.24. The molecule has 172 valence electrons. The van der Waals surface area contributed by atoms with E-state index in [-0.39, 0.29) is 47.0 Å². The summed E-state index contributed by atoms with van der Waals surface area (Å²) in [5.74, 6) is -0.807. The molecular formula is C24H25FN4O4. The third-order valence-corrected chi connectivity index (χ3v) is 6.45. The first-order chi connectivity index (χ1) is 16.0. The first-order valence-corrected chi connectivity index (χ1v) is 11.2. The van der Waals surface area contributed by atoms with Crippen LogP contribution in [0.15, 0.2) is 40.9 Å². The Labute approximate surface area is 190 Å². The molecule has 1 saturated heterocycles. The minimum atomic E-state index is -0.589. The van der Waals surface area contributed by atoms with Crippen LogP contribution in [0.25, 0.3) is 22.7 Å². The van der Waals surface area contributed by atoms with Crippen molar-refractivity contribution >= 4 is 23.0 Å². The van der Waals surface area contributed by atoms with Crippen molar-refractivity contribution in [2.75, 3.05) is 13.7 Å². The molecule has 1 aliphatic heterocycles. The number of ether oxygens (including phenoxy) is 1. The number of hydrogen-bond acceptors (Lipinski definition) is 6. The number of carbonyl (C=O) groups is 2. The van der Waals surface area contributed by atoms with Gasteiger partial charge in [-0.3, -0.25) is 9.59 Å². The minimum absolute atomic E-state index is 0.00818. The monoisotopic (exact) mass is 452 g/mol. The average molecular weight is 452 g/mol. The van der Waals surface area contributed by atoms with Gasteiger partial charge in [0, 0.05) is 37.5 Å². The van der Waals surface area contributed by atoms with Gasteiger partial charge >= 0.3 is 0 Å². The number of carbonyl (C=O) groups excluding carboxylic acids is 2. The number of oxazole rings is 1. The minimum Gasteiger partial charge on any atom is -0.434 e. The number of amides is 2. The Hall–Kier alpha value is -3.33. The van der Waals surface area contributed by atoms with Crippen molar-refractivity contribution in [2.45, 2.75) is 50.3 Å². The average Bonchev–Trinajstić information content (AvgIpc) is 3.58. The number of nitrogens with zero attached hydrogens (tertiary/aromatic N) is 3. The largest absolute Gasteiger partial charge is 0.434 e. The van der Waals surface area contributed by atoms with Crippen LogP contribution in [0.4, 0.5) is 4.39 Å². The van der Waals surface area contributed by atoms with Gasteiger partial charge in [0.15, 0.2) is 11.2 Å². The van der Waals surface area contributed by atoms with Crippen molar-refractivity contribution in [3.8, 4) is 11.5 Å². The van der Waals surface area contributed by atoms with Gasteiger partial charge in [-0.1, -0.05) is 0 Å². The van der Waals surface area contributed by atoms with E-state index in [4.69, 9.17) is 9.15 Å². The molecule has 2 aliphatic rings. The predicted molar refractivity (Wildman–Crippen MR) is 118 cm³/mol. The number of pyridine rings is 1. The van der Waals surface area contributed by atoms with Crippen molar-refractivity contribution in [2.24, 2.45) is 0 Å². The molecule has 3 aromatic rings. The molecule has 33 heavy (non-hydrogen) atoms. The Morgan fingerprint density at radius 2 is 2.09 bits per heavy atom. The lowest BCUT2D eigenvalue weighted by Gasteiger charge is -2.25. The zero-order valence-electron chi connectivity index (χ0n) is 18.3. The smallest absolute Gasteiger partial charge is 0.253 e. The number of aromatic nitrogens is 2. The molecule has 0 bridgehead atoms. The molecule has 3 atom stereocenters. The number of halogens is 1. The van der Waals surface area contributed by atoms with Crippen LogP contribution in [-0.2, 0) is 9.53 Å². The lowest BCUT2D eigenvalue weighted by Crippen LogP contribution is -2.41. The molecule has 1 N–H and O–H groups in total. The fraction of sp³-hybridized carbons (Fsp3) is 0.417. The van der Waals surface area contributed by atoms with Gasteiger partial charge in [0.2, 0.25) is 11.8 Å². The molecule has 5 rings (SSSR count). The van der Waals surface area contributed by atoms with Gasteiger partial charge in [0.25, 0.3) is 5.91 Å². The summed E-state index contributed by atoms with van der Waals surface area (Å²) in [6.45, 7) is 0.626. The van der Waals surface area contributed by atoms with Crippen molar-refractivity contribution in [1.29, 1.82) is 0 Å². The maximum Gasteiger partial charge on any atom is 0.253 e. The topological polar surface area (TPSA) is 97.6 Å². The Kier molecular flexibility index (Phi) is 5.80. The standard InChI is InChI=1S/C24H25FN4O4/c1-29(16-8-7-15(13-16)27-22(30)20-5-3-11-32-20)24(31)14-6-9-17(18(25)12-14)23-28-21-19(33-23)4-2-10-26-21/h2,4,6,9-10,12,15-16,20H,3,5,7-8,11,13H2,1H3,(H,27,30)/t15-,16+,20-/m0/s1. The van der Waals surface area contributed by atoms with E-state index in [1.165, 1.54) is 12.1 Å². The van der Waals surface area contributed by atoms with E-state index in [0.717, 1.165) is 25.7 Å². The lowest BCUT2D eigenvalue weighted by atomic mass is 10.1. The maximum atomic E-state index is 14.9. The van der Waals surface area contributed by atoms with Crippen LogP contribution in [0.5, 0.6) is 0 Å². The van der Waals surface area contributed by atoms with E-state index in [2.05, 4.69) is 15.3 Å². The summed E-state index contributed by atoms with van der Waals surface area (Å²) in [5, 5.41) is 3.05. The Bertz CT molecular complexity index is 1160. The number of nitrogens with one attached hydrogen (secondary N) is 1. The van der Waals surface area contributed by atoms with Crippen LogP contribution in [0.1, 0.15) is 42.5 Å². The van der Waals surface area contributed by atoms with Gasteiger partial charge in [-0.2, -0.15) is 4.98 Å². The summed E-state index contributed by atoms with van der Waals surface area (Å²) in [6.07, 6.45) is 5.11. The second kappa shape index (κ2) is 8.90. The highest BCUT2D eigenvalue weighted by Gasteiger charge is 2.33. The van der Waals surface area contributed by atoms with Gasteiger partial charge in [-0.25, -0.2) is 9.37 Å². The molecule has 2 fully saturated rings. The van der Waals surface area contributed by atoms with Crippen LogP contribution < -0.4 is 5.32 Å². The lowest BCUT2D eigenvalue weighted by molar-refractivity contribution is -0.130. The van der Waals surface area contributed by atoms with E-state index >= 15 is 0 Å². The third kappa shape index (κ3) is 4.32. The molecule has 2 amide bonds. The van der Waals surface area contributed by atoms with E-state index in [1.807, 2.05) is 0 Å². The zero-order valence-corrected chi connectivity index (χ0v) is 18.3. The van der Waals surface area contributed by atoms with Gasteiger partial charge < -0.3 is 19.4 Å². The molecule has 3 heterocycles. The highest BCUT2D eigenvalue weighted by Crippen LogP contribution is 2.28. The van der Waals surface area contributed by atoms with E-state index in [1.54, 1.807) is 36.3 Å². The molecule has 1 saturated carbocycles. The highest BCUT2D eigenvalue weighted by molar-refractivity contribution is 5.94. The number of rotatable bonds is 5. The first kappa shape index (κ1) is 21.5. The fourth-order valence-electron chi connectivity index (χ4n) is 4.59. The van der Waals surface area contributed by atoms with Crippen molar-refractivity contribution in [3.05, 3.63) is 47.9 Å². The zero-order chi connectivity index (χ0) is 22.9. The molecule has 0 spiro atoms. The van der Waals surface area contributed by atoms with Crippen LogP contribution in [0.2, 0.25) is 0 Å². The maximum absolute atomic E-state index is 14.9. The van der Waals surface area contributed by atoms with Gasteiger partial charge in [-0.15, -0.1) is 0 Å². The third-order valence-electron chi connectivity index (χ3n) is 6.45. The molecule has 9 heteroatoms. The number of fused-ring (bicyclic) bond motifs is 1.